The number of nitrogen functional groups attached to an aromatic ring is 1. The molecule has 0 amide bonds. The molecule has 9 heteroatoms. The van der Waals surface area contributed by atoms with E-state index in [0.29, 0.717) is 6.54 Å². The molecule has 1 unspecified atom stereocenters. The van der Waals surface area contributed by atoms with Crippen LogP contribution in [-0.2, 0) is 16.6 Å². The lowest BCUT2D eigenvalue weighted by Gasteiger charge is -2.16. The minimum Gasteiger partial charge on any atom is -0.336 e. The predicted molar refractivity (Wildman–Crippen MR) is 74.1 cm³/mol. The van der Waals surface area contributed by atoms with Gasteiger partial charge in [-0.3, -0.25) is 0 Å². The highest BCUT2D eigenvalue weighted by Gasteiger charge is 2.21. The Morgan fingerprint density at radius 3 is 2.90 bits per heavy atom. The van der Waals surface area contributed by atoms with Crippen LogP contribution in [-0.4, -0.2) is 29.0 Å². The Bertz CT molecular complexity index is 655. The largest absolute Gasteiger partial charge is 0.336 e. The Balaban J connectivity index is 2.14. The molecule has 0 fully saturated rings. The lowest BCUT2D eigenvalue weighted by atomic mass is 10.4. The normalized spacial score (nSPS) is 13.1. The van der Waals surface area contributed by atoms with Crippen LogP contribution < -0.4 is 16.0 Å². The molecule has 2 aromatic heterocycles. The summed E-state index contributed by atoms with van der Waals surface area (Å²) < 4.78 is 28.9. The van der Waals surface area contributed by atoms with Crippen molar-refractivity contribution >= 4 is 15.8 Å². The van der Waals surface area contributed by atoms with Crippen molar-refractivity contribution in [3.63, 3.8) is 0 Å². The molecule has 0 aromatic carbocycles. The van der Waals surface area contributed by atoms with Gasteiger partial charge in [-0.2, -0.15) is 0 Å². The molecule has 0 aliphatic rings. The standard InChI is InChI=1S/C11H16N6O2S/c1-9(7-17-6-5-13-8-17)16-20(18,19)10-3-2-4-14-11(10)15-12/h2-6,8-9,16H,7,12H2,1H3,(H,14,15). The van der Waals surface area contributed by atoms with E-state index in [9.17, 15) is 8.42 Å². The van der Waals surface area contributed by atoms with Crippen molar-refractivity contribution < 1.29 is 8.42 Å². The maximum absolute atomic E-state index is 12.3. The van der Waals surface area contributed by atoms with Gasteiger partial charge in [-0.25, -0.2) is 29.0 Å². The number of nitrogens with one attached hydrogen (secondary N) is 2. The number of hydrogen-bond donors (Lipinski definition) is 3. The highest BCUT2D eigenvalue weighted by molar-refractivity contribution is 7.89. The number of hydrazine groups is 1. The van der Waals surface area contributed by atoms with Crippen molar-refractivity contribution in [3.8, 4) is 0 Å². The van der Waals surface area contributed by atoms with E-state index >= 15 is 0 Å². The molecular formula is C11H16N6O2S. The summed E-state index contributed by atoms with van der Waals surface area (Å²) in [4.78, 5) is 7.80. The van der Waals surface area contributed by atoms with E-state index in [1.807, 2.05) is 0 Å². The van der Waals surface area contributed by atoms with Gasteiger partial charge < -0.3 is 9.99 Å². The van der Waals surface area contributed by atoms with Crippen LogP contribution in [0.3, 0.4) is 0 Å². The Kier molecular flexibility index (Phi) is 4.32. The molecule has 2 heterocycles. The highest BCUT2D eigenvalue weighted by atomic mass is 32.2. The van der Waals surface area contributed by atoms with E-state index < -0.39 is 10.0 Å². The second-order valence-electron chi connectivity index (χ2n) is 4.28. The van der Waals surface area contributed by atoms with E-state index in [0.717, 1.165) is 0 Å². The van der Waals surface area contributed by atoms with E-state index in [1.165, 1.54) is 18.3 Å². The smallest absolute Gasteiger partial charge is 0.244 e. The molecule has 8 nitrogen and oxygen atoms in total. The summed E-state index contributed by atoms with van der Waals surface area (Å²) in [6.45, 7) is 2.24. The molecule has 20 heavy (non-hydrogen) atoms. The quantitative estimate of drug-likeness (QED) is 0.508. The molecule has 0 saturated carbocycles. The summed E-state index contributed by atoms with van der Waals surface area (Å²) in [6.07, 6.45) is 6.49. The van der Waals surface area contributed by atoms with Gasteiger partial charge in [0.1, 0.15) is 4.90 Å². The van der Waals surface area contributed by atoms with Gasteiger partial charge in [0.15, 0.2) is 5.82 Å². The van der Waals surface area contributed by atoms with Crippen molar-refractivity contribution in [2.75, 3.05) is 5.43 Å². The second-order valence-corrected chi connectivity index (χ2v) is 5.96. The Morgan fingerprint density at radius 1 is 1.45 bits per heavy atom. The maximum Gasteiger partial charge on any atom is 0.244 e. The minimum atomic E-state index is -3.69. The number of nitrogens with zero attached hydrogens (tertiary/aromatic N) is 3. The van der Waals surface area contributed by atoms with Gasteiger partial charge in [0.25, 0.3) is 0 Å². The third-order valence-electron chi connectivity index (χ3n) is 2.60. The summed E-state index contributed by atoms with van der Waals surface area (Å²) in [5.41, 5.74) is 2.28. The number of rotatable bonds is 6. The molecule has 108 valence electrons. The molecule has 0 aliphatic carbocycles. The average Bonchev–Trinajstić information content (AvgIpc) is 2.90. The molecule has 2 aromatic rings. The summed E-state index contributed by atoms with van der Waals surface area (Å²) in [5.74, 6) is 5.38. The monoisotopic (exact) mass is 296 g/mol. The number of sulfonamides is 1. The Hall–Kier alpha value is -1.97. The fraction of sp³-hybridized carbons (Fsp3) is 0.273. The number of anilines is 1. The van der Waals surface area contributed by atoms with Crippen LogP contribution >= 0.6 is 0 Å². The second kappa shape index (κ2) is 5.99. The van der Waals surface area contributed by atoms with Gasteiger partial charge in [-0.15, -0.1) is 0 Å². The molecule has 0 aliphatic heterocycles. The van der Waals surface area contributed by atoms with Crippen molar-refractivity contribution in [2.45, 2.75) is 24.4 Å². The number of hydrogen-bond acceptors (Lipinski definition) is 6. The molecule has 2 rings (SSSR count). The number of pyridine rings is 1. The summed E-state index contributed by atoms with van der Waals surface area (Å²) >= 11 is 0. The molecule has 4 N–H and O–H groups in total. The Morgan fingerprint density at radius 2 is 2.25 bits per heavy atom. The van der Waals surface area contributed by atoms with Gasteiger partial charge in [-0.1, -0.05) is 0 Å². The zero-order chi connectivity index (χ0) is 14.6. The summed E-state index contributed by atoms with van der Waals surface area (Å²) in [5, 5.41) is 0. The van der Waals surface area contributed by atoms with Crippen LogP contribution in [0.1, 0.15) is 6.92 Å². The van der Waals surface area contributed by atoms with Crippen molar-refractivity contribution in [3.05, 3.63) is 37.1 Å². The highest BCUT2D eigenvalue weighted by Crippen LogP contribution is 2.17. The van der Waals surface area contributed by atoms with Crippen LogP contribution in [0.4, 0.5) is 5.82 Å². The molecule has 1 atom stereocenters. The van der Waals surface area contributed by atoms with Crippen molar-refractivity contribution in [1.29, 1.82) is 0 Å². The van der Waals surface area contributed by atoms with Crippen LogP contribution in [0.15, 0.2) is 41.9 Å². The summed E-state index contributed by atoms with van der Waals surface area (Å²) in [7, 11) is -3.69. The van der Waals surface area contributed by atoms with E-state index in [4.69, 9.17) is 5.84 Å². The number of nitrogens with two attached hydrogens (primary N) is 1. The third kappa shape index (κ3) is 3.32. The molecular weight excluding hydrogens is 280 g/mol. The van der Waals surface area contributed by atoms with Crippen LogP contribution in [0, 0.1) is 0 Å². The van der Waals surface area contributed by atoms with E-state index in [2.05, 4.69) is 20.1 Å². The van der Waals surface area contributed by atoms with Crippen LogP contribution in [0.5, 0.6) is 0 Å². The van der Waals surface area contributed by atoms with Gasteiger partial charge in [0, 0.05) is 31.2 Å². The van der Waals surface area contributed by atoms with Crippen LogP contribution in [0.25, 0.3) is 0 Å². The van der Waals surface area contributed by atoms with E-state index in [1.54, 1.807) is 30.2 Å². The molecule has 0 spiro atoms. The van der Waals surface area contributed by atoms with Gasteiger partial charge in [-0.05, 0) is 19.1 Å². The fourth-order valence-corrected chi connectivity index (χ4v) is 3.15. The first-order valence-electron chi connectivity index (χ1n) is 5.92. The maximum atomic E-state index is 12.3. The molecule has 0 saturated heterocycles. The Labute approximate surface area is 117 Å². The lowest BCUT2D eigenvalue weighted by Crippen LogP contribution is -2.36. The topological polar surface area (TPSA) is 115 Å². The third-order valence-corrected chi connectivity index (χ3v) is 4.22. The zero-order valence-electron chi connectivity index (χ0n) is 10.9. The zero-order valence-corrected chi connectivity index (χ0v) is 11.7. The van der Waals surface area contributed by atoms with Crippen molar-refractivity contribution in [2.24, 2.45) is 5.84 Å². The number of aromatic nitrogens is 3. The van der Waals surface area contributed by atoms with Crippen LogP contribution in [0.2, 0.25) is 0 Å². The minimum absolute atomic E-state index is 0.0139. The van der Waals surface area contributed by atoms with Gasteiger partial charge in [0.05, 0.1) is 6.33 Å². The van der Waals surface area contributed by atoms with Gasteiger partial charge >= 0.3 is 0 Å². The number of imidazole rings is 1. The van der Waals surface area contributed by atoms with Gasteiger partial charge in [0.2, 0.25) is 10.0 Å². The summed E-state index contributed by atoms with van der Waals surface area (Å²) in [6, 6.07) is 2.67. The van der Waals surface area contributed by atoms with E-state index in [-0.39, 0.29) is 16.8 Å². The van der Waals surface area contributed by atoms with Crippen molar-refractivity contribution in [1.82, 2.24) is 19.3 Å². The SMILES string of the molecule is CC(Cn1ccnc1)NS(=O)(=O)c1cccnc1NN. The predicted octanol–water partition coefficient (Wildman–Crippen LogP) is -0.0693. The molecule has 0 radical (unpaired) electrons. The first-order valence-corrected chi connectivity index (χ1v) is 7.41. The average molecular weight is 296 g/mol. The first kappa shape index (κ1) is 14.4. The fourth-order valence-electron chi connectivity index (χ4n) is 1.79. The first-order chi connectivity index (χ1) is 9.53. The lowest BCUT2D eigenvalue weighted by molar-refractivity contribution is 0.520. The molecule has 0 bridgehead atoms.